The molecule has 6 heteroatoms. The molecule has 3 aromatic rings. The first-order valence-electron chi connectivity index (χ1n) is 8.25. The number of rotatable bonds is 7. The summed E-state index contributed by atoms with van der Waals surface area (Å²) < 4.78 is 12.8. The summed E-state index contributed by atoms with van der Waals surface area (Å²) in [6.45, 7) is 2.30. The standard InChI is InChI=1S/C20H19NO4S/c1-15-14-26-20(23)21(15)12-11-19(22)24-13-16-7-5-6-10-18(16)25-17-8-3-2-4-9-17/h2-10,14H,11-13H2,1H3. The van der Waals surface area contributed by atoms with Gasteiger partial charge in [-0.3, -0.25) is 9.59 Å². The summed E-state index contributed by atoms with van der Waals surface area (Å²) in [4.78, 5) is 23.6. The molecule has 0 saturated heterocycles. The van der Waals surface area contributed by atoms with Gasteiger partial charge < -0.3 is 14.0 Å². The molecule has 5 nitrogen and oxygen atoms in total. The zero-order valence-corrected chi connectivity index (χ0v) is 15.2. The predicted octanol–water partition coefficient (Wildman–Crippen LogP) is 4.14. The lowest BCUT2D eigenvalue weighted by Gasteiger charge is -2.12. The van der Waals surface area contributed by atoms with Crippen molar-refractivity contribution in [2.24, 2.45) is 0 Å². The molecule has 2 aromatic carbocycles. The highest BCUT2D eigenvalue weighted by molar-refractivity contribution is 7.07. The van der Waals surface area contributed by atoms with Crippen molar-refractivity contribution in [2.45, 2.75) is 26.5 Å². The fraction of sp³-hybridized carbons (Fsp3) is 0.200. The Morgan fingerprint density at radius 3 is 2.54 bits per heavy atom. The van der Waals surface area contributed by atoms with E-state index in [0.717, 1.165) is 28.3 Å². The Kier molecular flexibility index (Phi) is 5.86. The monoisotopic (exact) mass is 369 g/mol. The molecule has 0 aliphatic heterocycles. The molecule has 0 bridgehead atoms. The van der Waals surface area contributed by atoms with Crippen LogP contribution in [0, 0.1) is 6.92 Å². The van der Waals surface area contributed by atoms with Gasteiger partial charge in [0.2, 0.25) is 0 Å². The molecule has 1 aromatic heterocycles. The van der Waals surface area contributed by atoms with Gasteiger partial charge in [-0.1, -0.05) is 47.7 Å². The summed E-state index contributed by atoms with van der Waals surface area (Å²) in [5.41, 5.74) is 1.64. The Bertz CT molecular complexity index is 930. The third-order valence-corrected chi connectivity index (χ3v) is 4.73. The molecular weight excluding hydrogens is 350 g/mol. The molecule has 0 unspecified atom stereocenters. The van der Waals surface area contributed by atoms with Gasteiger partial charge in [-0.2, -0.15) is 0 Å². The van der Waals surface area contributed by atoms with Crippen molar-refractivity contribution in [1.29, 1.82) is 0 Å². The van der Waals surface area contributed by atoms with Crippen LogP contribution in [0.5, 0.6) is 11.5 Å². The molecule has 0 fully saturated rings. The number of hydrogen-bond donors (Lipinski definition) is 0. The summed E-state index contributed by atoms with van der Waals surface area (Å²) in [5, 5.41) is 1.78. The second-order valence-corrected chi connectivity index (χ2v) is 6.55. The molecule has 0 aliphatic carbocycles. The molecule has 0 atom stereocenters. The van der Waals surface area contributed by atoms with E-state index < -0.39 is 0 Å². The number of benzene rings is 2. The second-order valence-electron chi connectivity index (χ2n) is 5.73. The minimum absolute atomic E-state index is 0.0584. The Morgan fingerprint density at radius 1 is 1.08 bits per heavy atom. The fourth-order valence-electron chi connectivity index (χ4n) is 2.45. The molecule has 26 heavy (non-hydrogen) atoms. The van der Waals surface area contributed by atoms with E-state index in [2.05, 4.69) is 0 Å². The molecule has 0 radical (unpaired) electrons. The minimum Gasteiger partial charge on any atom is -0.461 e. The molecule has 0 spiro atoms. The summed E-state index contributed by atoms with van der Waals surface area (Å²) in [5.74, 6) is 1.02. The van der Waals surface area contributed by atoms with Crippen molar-refractivity contribution in [3.8, 4) is 11.5 Å². The summed E-state index contributed by atoms with van der Waals surface area (Å²) in [7, 11) is 0. The zero-order chi connectivity index (χ0) is 18.4. The Morgan fingerprint density at radius 2 is 1.81 bits per heavy atom. The number of ether oxygens (including phenoxy) is 2. The lowest BCUT2D eigenvalue weighted by Crippen LogP contribution is -2.17. The number of aromatic nitrogens is 1. The molecule has 3 rings (SSSR count). The zero-order valence-electron chi connectivity index (χ0n) is 14.4. The van der Waals surface area contributed by atoms with Crippen LogP contribution in [-0.4, -0.2) is 10.5 Å². The van der Waals surface area contributed by atoms with Gasteiger partial charge in [-0.25, -0.2) is 0 Å². The van der Waals surface area contributed by atoms with E-state index in [1.165, 1.54) is 0 Å². The number of carbonyl (C=O) groups excluding carboxylic acids is 1. The Balaban J connectivity index is 1.57. The number of hydrogen-bond acceptors (Lipinski definition) is 5. The van der Waals surface area contributed by atoms with Gasteiger partial charge in [0.25, 0.3) is 0 Å². The molecule has 1 heterocycles. The third-order valence-electron chi connectivity index (χ3n) is 3.85. The SMILES string of the molecule is Cc1csc(=O)n1CCC(=O)OCc1ccccc1Oc1ccccc1. The maximum absolute atomic E-state index is 12.0. The topological polar surface area (TPSA) is 57.5 Å². The van der Waals surface area contributed by atoms with E-state index in [9.17, 15) is 9.59 Å². The van der Waals surface area contributed by atoms with Crippen molar-refractivity contribution >= 4 is 17.3 Å². The number of carbonyl (C=O) groups is 1. The van der Waals surface area contributed by atoms with Gasteiger partial charge in [0.1, 0.15) is 18.1 Å². The van der Waals surface area contributed by atoms with Gasteiger partial charge in [-0.05, 0) is 25.1 Å². The summed E-state index contributed by atoms with van der Waals surface area (Å²) in [6.07, 6.45) is 0.152. The normalized spacial score (nSPS) is 10.5. The molecule has 0 aliphatic rings. The maximum atomic E-state index is 12.0. The highest BCUT2D eigenvalue weighted by Crippen LogP contribution is 2.25. The van der Waals surface area contributed by atoms with Crippen LogP contribution in [-0.2, 0) is 22.7 Å². The smallest absolute Gasteiger partial charge is 0.307 e. The molecule has 0 amide bonds. The van der Waals surface area contributed by atoms with Crippen molar-refractivity contribution in [1.82, 2.24) is 4.57 Å². The van der Waals surface area contributed by atoms with Gasteiger partial charge in [0, 0.05) is 23.2 Å². The first-order chi connectivity index (χ1) is 12.6. The van der Waals surface area contributed by atoms with E-state index in [4.69, 9.17) is 9.47 Å². The molecule has 0 saturated carbocycles. The average Bonchev–Trinajstić information content (AvgIpc) is 2.98. The quantitative estimate of drug-likeness (QED) is 0.587. The molecule has 134 valence electrons. The summed E-state index contributed by atoms with van der Waals surface area (Å²) >= 11 is 1.13. The van der Waals surface area contributed by atoms with Crippen LogP contribution >= 0.6 is 11.3 Å². The molecular formula is C20H19NO4S. The first kappa shape index (κ1) is 17.9. The van der Waals surface area contributed by atoms with Crippen molar-refractivity contribution < 1.29 is 14.3 Å². The number of nitrogens with zero attached hydrogens (tertiary/aromatic N) is 1. The number of thiazole rings is 1. The Hall–Kier alpha value is -2.86. The number of aryl methyl sites for hydroxylation is 1. The highest BCUT2D eigenvalue weighted by atomic mass is 32.1. The third kappa shape index (κ3) is 4.61. The fourth-order valence-corrected chi connectivity index (χ4v) is 3.21. The van der Waals surface area contributed by atoms with Gasteiger partial charge in [-0.15, -0.1) is 0 Å². The van der Waals surface area contributed by atoms with E-state index in [1.54, 1.807) is 9.95 Å². The Labute approximate surface area is 155 Å². The number of esters is 1. The van der Waals surface area contributed by atoms with E-state index in [1.807, 2.05) is 61.5 Å². The van der Waals surface area contributed by atoms with E-state index in [0.29, 0.717) is 12.3 Å². The van der Waals surface area contributed by atoms with E-state index >= 15 is 0 Å². The lowest BCUT2D eigenvalue weighted by atomic mass is 10.2. The van der Waals surface area contributed by atoms with Crippen molar-refractivity contribution in [3.05, 3.63) is 80.9 Å². The van der Waals surface area contributed by atoms with Crippen molar-refractivity contribution in [2.75, 3.05) is 0 Å². The van der Waals surface area contributed by atoms with Gasteiger partial charge in [0.05, 0.1) is 6.42 Å². The predicted molar refractivity (Wildman–Crippen MR) is 101 cm³/mol. The van der Waals surface area contributed by atoms with Crippen molar-refractivity contribution in [3.63, 3.8) is 0 Å². The van der Waals surface area contributed by atoms with Crippen LogP contribution in [0.25, 0.3) is 0 Å². The number of para-hydroxylation sites is 2. The van der Waals surface area contributed by atoms with E-state index in [-0.39, 0.29) is 23.9 Å². The van der Waals surface area contributed by atoms with Gasteiger partial charge in [0.15, 0.2) is 0 Å². The second kappa shape index (κ2) is 8.49. The largest absolute Gasteiger partial charge is 0.461 e. The summed E-state index contributed by atoms with van der Waals surface area (Å²) in [6, 6.07) is 16.9. The van der Waals surface area contributed by atoms with Crippen LogP contribution in [0.2, 0.25) is 0 Å². The maximum Gasteiger partial charge on any atom is 0.307 e. The lowest BCUT2D eigenvalue weighted by molar-refractivity contribution is -0.145. The van der Waals surface area contributed by atoms with Crippen LogP contribution in [0.1, 0.15) is 17.7 Å². The van der Waals surface area contributed by atoms with Crippen LogP contribution < -0.4 is 9.61 Å². The highest BCUT2D eigenvalue weighted by Gasteiger charge is 2.10. The van der Waals surface area contributed by atoms with Gasteiger partial charge >= 0.3 is 10.8 Å². The minimum atomic E-state index is -0.350. The van der Waals surface area contributed by atoms with Crippen LogP contribution in [0.4, 0.5) is 0 Å². The molecule has 0 N–H and O–H groups in total. The van der Waals surface area contributed by atoms with Crippen LogP contribution in [0.15, 0.2) is 64.8 Å². The first-order valence-corrected chi connectivity index (χ1v) is 9.13. The van der Waals surface area contributed by atoms with Crippen LogP contribution in [0.3, 0.4) is 0 Å². The average molecular weight is 369 g/mol.